The average Bonchev–Trinajstić information content (AvgIpc) is 2.27. The molecule has 82 valence electrons. The van der Waals surface area contributed by atoms with E-state index in [-0.39, 0.29) is 17.8 Å². The van der Waals surface area contributed by atoms with Crippen molar-refractivity contribution < 1.29 is 4.84 Å². The standard InChI is InChI=1S/C9H10N6O/c10-7-12-8(11)14-9(13-7)15-16-6-4-2-1-3-5-6/h1-5H,(H5,10,11,12,13,14,15). The third kappa shape index (κ3) is 2.47. The molecule has 5 N–H and O–H groups in total. The van der Waals surface area contributed by atoms with Crippen LogP contribution in [0.25, 0.3) is 0 Å². The normalized spacial score (nSPS) is 9.75. The monoisotopic (exact) mass is 218 g/mol. The molecular weight excluding hydrogens is 208 g/mol. The van der Waals surface area contributed by atoms with Crippen LogP contribution in [-0.2, 0) is 0 Å². The maximum atomic E-state index is 5.39. The first kappa shape index (κ1) is 9.97. The molecule has 0 bridgehead atoms. The van der Waals surface area contributed by atoms with Gasteiger partial charge in [0, 0.05) is 0 Å². The van der Waals surface area contributed by atoms with E-state index in [1.807, 2.05) is 18.2 Å². The Morgan fingerprint density at radius 1 is 0.938 bits per heavy atom. The van der Waals surface area contributed by atoms with E-state index in [0.717, 1.165) is 0 Å². The van der Waals surface area contributed by atoms with Gasteiger partial charge >= 0.3 is 0 Å². The lowest BCUT2D eigenvalue weighted by Gasteiger charge is -2.06. The molecule has 2 aromatic rings. The molecule has 16 heavy (non-hydrogen) atoms. The predicted molar refractivity (Wildman–Crippen MR) is 59.3 cm³/mol. The molecule has 1 aromatic carbocycles. The van der Waals surface area contributed by atoms with E-state index < -0.39 is 0 Å². The maximum absolute atomic E-state index is 5.39. The first-order chi connectivity index (χ1) is 7.74. The van der Waals surface area contributed by atoms with Crippen molar-refractivity contribution in [2.24, 2.45) is 0 Å². The zero-order valence-electron chi connectivity index (χ0n) is 8.29. The predicted octanol–water partition coefficient (Wildman–Crippen LogP) is 0.442. The number of anilines is 3. The maximum Gasteiger partial charge on any atom is 0.263 e. The van der Waals surface area contributed by atoms with Crippen molar-refractivity contribution >= 4 is 17.8 Å². The Morgan fingerprint density at radius 3 is 2.19 bits per heavy atom. The van der Waals surface area contributed by atoms with Crippen LogP contribution in [0.3, 0.4) is 0 Å². The molecular formula is C9H10N6O. The molecule has 0 unspecified atom stereocenters. The zero-order valence-corrected chi connectivity index (χ0v) is 8.29. The summed E-state index contributed by atoms with van der Waals surface area (Å²) in [5, 5.41) is 0. The largest absolute Gasteiger partial charge is 0.379 e. The number of rotatable bonds is 3. The molecule has 0 saturated carbocycles. The molecule has 2 rings (SSSR count). The van der Waals surface area contributed by atoms with Crippen LogP contribution in [0.4, 0.5) is 17.8 Å². The van der Waals surface area contributed by atoms with Crippen LogP contribution < -0.4 is 21.8 Å². The van der Waals surface area contributed by atoms with Gasteiger partial charge in [-0.25, -0.2) is 0 Å². The van der Waals surface area contributed by atoms with Crippen molar-refractivity contribution in [3.63, 3.8) is 0 Å². The highest BCUT2D eigenvalue weighted by molar-refractivity contribution is 5.36. The van der Waals surface area contributed by atoms with Gasteiger partial charge in [-0.1, -0.05) is 18.2 Å². The van der Waals surface area contributed by atoms with Gasteiger partial charge in [0.05, 0.1) is 0 Å². The average molecular weight is 218 g/mol. The summed E-state index contributed by atoms with van der Waals surface area (Å²) in [6.07, 6.45) is 0. The summed E-state index contributed by atoms with van der Waals surface area (Å²) >= 11 is 0. The third-order valence-electron chi connectivity index (χ3n) is 1.67. The summed E-state index contributed by atoms with van der Waals surface area (Å²) in [6, 6.07) is 9.12. The lowest BCUT2D eigenvalue weighted by molar-refractivity contribution is 0.399. The molecule has 0 fully saturated rings. The molecule has 0 spiro atoms. The quantitative estimate of drug-likeness (QED) is 0.641. The number of hydrogen-bond acceptors (Lipinski definition) is 7. The van der Waals surface area contributed by atoms with Crippen LogP contribution in [0.1, 0.15) is 0 Å². The van der Waals surface area contributed by atoms with Gasteiger partial charge in [-0.05, 0) is 12.1 Å². The van der Waals surface area contributed by atoms with Crippen molar-refractivity contribution in [1.82, 2.24) is 15.0 Å². The lowest BCUT2D eigenvalue weighted by atomic mass is 10.3. The van der Waals surface area contributed by atoms with Crippen molar-refractivity contribution in [3.05, 3.63) is 30.3 Å². The number of benzene rings is 1. The van der Waals surface area contributed by atoms with Gasteiger partial charge in [-0.2, -0.15) is 20.4 Å². The number of nitrogens with two attached hydrogens (primary N) is 2. The molecule has 0 aliphatic rings. The minimum Gasteiger partial charge on any atom is -0.379 e. The summed E-state index contributed by atoms with van der Waals surface area (Å²) in [7, 11) is 0. The molecule has 0 saturated heterocycles. The number of nitrogens with zero attached hydrogens (tertiary/aromatic N) is 3. The summed E-state index contributed by atoms with van der Waals surface area (Å²) in [5.41, 5.74) is 13.3. The van der Waals surface area contributed by atoms with E-state index in [1.165, 1.54) is 0 Å². The molecule has 7 nitrogen and oxygen atoms in total. The molecule has 0 aliphatic heterocycles. The van der Waals surface area contributed by atoms with Crippen LogP contribution in [0.5, 0.6) is 5.75 Å². The van der Waals surface area contributed by atoms with Crippen LogP contribution in [0.2, 0.25) is 0 Å². The summed E-state index contributed by atoms with van der Waals surface area (Å²) < 4.78 is 0. The molecule has 0 radical (unpaired) electrons. The SMILES string of the molecule is Nc1nc(N)nc(NOc2ccccc2)n1. The van der Waals surface area contributed by atoms with Crippen LogP contribution in [0.15, 0.2) is 30.3 Å². The van der Waals surface area contributed by atoms with E-state index in [9.17, 15) is 0 Å². The Kier molecular flexibility index (Phi) is 2.68. The Balaban J connectivity index is 2.05. The van der Waals surface area contributed by atoms with Crippen molar-refractivity contribution in [3.8, 4) is 5.75 Å². The number of nitrogens with one attached hydrogen (secondary N) is 1. The fourth-order valence-corrected chi connectivity index (χ4v) is 1.05. The molecule has 1 aromatic heterocycles. The van der Waals surface area contributed by atoms with Gasteiger partial charge in [-0.15, -0.1) is 0 Å². The van der Waals surface area contributed by atoms with Gasteiger partial charge in [0.2, 0.25) is 11.9 Å². The Morgan fingerprint density at radius 2 is 1.56 bits per heavy atom. The van der Waals surface area contributed by atoms with Gasteiger partial charge < -0.3 is 16.3 Å². The van der Waals surface area contributed by atoms with Crippen molar-refractivity contribution in [2.45, 2.75) is 0 Å². The first-order valence-corrected chi connectivity index (χ1v) is 4.49. The first-order valence-electron chi connectivity index (χ1n) is 4.49. The van der Waals surface area contributed by atoms with Crippen LogP contribution in [0, 0.1) is 0 Å². The summed E-state index contributed by atoms with van der Waals surface area (Å²) in [4.78, 5) is 16.4. The number of para-hydroxylation sites is 1. The second-order valence-electron chi connectivity index (χ2n) is 2.89. The molecule has 7 heteroatoms. The van der Waals surface area contributed by atoms with Gasteiger partial charge in [-0.3, -0.25) is 0 Å². The number of hydrogen-bond donors (Lipinski definition) is 3. The highest BCUT2D eigenvalue weighted by Gasteiger charge is 2.01. The van der Waals surface area contributed by atoms with Crippen LogP contribution >= 0.6 is 0 Å². The second kappa shape index (κ2) is 4.30. The smallest absolute Gasteiger partial charge is 0.263 e. The lowest BCUT2D eigenvalue weighted by Crippen LogP contribution is -2.12. The minimum absolute atomic E-state index is 0.0339. The van der Waals surface area contributed by atoms with E-state index in [1.54, 1.807) is 12.1 Å². The van der Waals surface area contributed by atoms with Gasteiger partial charge in [0.25, 0.3) is 5.95 Å². The van der Waals surface area contributed by atoms with Gasteiger partial charge in [0.15, 0.2) is 5.75 Å². The topological polar surface area (TPSA) is 112 Å². The van der Waals surface area contributed by atoms with Crippen LogP contribution in [-0.4, -0.2) is 15.0 Å². The Bertz CT molecular complexity index is 454. The molecule has 0 amide bonds. The minimum atomic E-state index is 0.0339. The van der Waals surface area contributed by atoms with Crippen molar-refractivity contribution in [1.29, 1.82) is 0 Å². The Hall–Kier alpha value is -2.57. The van der Waals surface area contributed by atoms with E-state index in [4.69, 9.17) is 16.3 Å². The fraction of sp³-hybridized carbons (Fsp3) is 0. The molecule has 0 atom stereocenters. The fourth-order valence-electron chi connectivity index (χ4n) is 1.05. The van der Waals surface area contributed by atoms with E-state index in [0.29, 0.717) is 5.75 Å². The Labute approximate surface area is 91.4 Å². The van der Waals surface area contributed by atoms with Crippen molar-refractivity contribution in [2.75, 3.05) is 16.9 Å². The highest BCUT2D eigenvalue weighted by Crippen LogP contribution is 2.10. The van der Waals surface area contributed by atoms with Gasteiger partial charge in [0.1, 0.15) is 0 Å². The summed E-state index contributed by atoms with van der Waals surface area (Å²) in [5.74, 6) is 0.854. The van der Waals surface area contributed by atoms with E-state index in [2.05, 4.69) is 20.4 Å². The molecule has 0 aliphatic carbocycles. The zero-order chi connectivity index (χ0) is 11.4. The summed E-state index contributed by atoms with van der Waals surface area (Å²) in [6.45, 7) is 0. The third-order valence-corrected chi connectivity index (χ3v) is 1.67. The molecule has 1 heterocycles. The van der Waals surface area contributed by atoms with E-state index >= 15 is 0 Å². The highest BCUT2D eigenvalue weighted by atomic mass is 16.6. The second-order valence-corrected chi connectivity index (χ2v) is 2.89. The number of aromatic nitrogens is 3. The number of nitrogen functional groups attached to an aromatic ring is 2.